The van der Waals surface area contributed by atoms with Crippen LogP contribution in [0, 0.1) is 11.6 Å². The van der Waals surface area contributed by atoms with Crippen LogP contribution < -0.4 is 5.73 Å². The van der Waals surface area contributed by atoms with E-state index < -0.39 is 0 Å². The number of hydrogen-bond donors (Lipinski definition) is 1. The number of aromatic nitrogens is 2. The molecule has 0 aliphatic carbocycles. The van der Waals surface area contributed by atoms with Gasteiger partial charge in [-0.1, -0.05) is 35.4 Å². The van der Waals surface area contributed by atoms with E-state index in [1.807, 2.05) is 6.92 Å². The van der Waals surface area contributed by atoms with Gasteiger partial charge in [-0.25, -0.2) is 4.68 Å². The summed E-state index contributed by atoms with van der Waals surface area (Å²) in [5, 5.41) is 5.14. The van der Waals surface area contributed by atoms with Gasteiger partial charge in [-0.05, 0) is 30.7 Å². The van der Waals surface area contributed by atoms with Crippen LogP contribution in [0.25, 0.3) is 5.69 Å². The lowest BCUT2D eigenvalue weighted by Gasteiger charge is -2.10. The molecule has 0 fully saturated rings. The first-order chi connectivity index (χ1) is 7.99. The van der Waals surface area contributed by atoms with Crippen molar-refractivity contribution >= 4 is 41.1 Å². The van der Waals surface area contributed by atoms with Crippen LogP contribution in [-0.4, -0.2) is 9.78 Å². The number of benzene rings is 1. The molecule has 1 heterocycles. The second-order valence-corrected chi connectivity index (χ2v) is 4.82. The van der Waals surface area contributed by atoms with Crippen molar-refractivity contribution in [3.05, 3.63) is 44.6 Å². The van der Waals surface area contributed by atoms with Gasteiger partial charge in [0, 0.05) is 0 Å². The maximum Gasteiger partial charge on any atom is 0.130 e. The monoisotopic (exact) mass is 285 g/mol. The third-order valence-corrected chi connectivity index (χ3v) is 3.30. The highest BCUT2D eigenvalue weighted by molar-refractivity contribution is 7.71. The smallest absolute Gasteiger partial charge is 0.130 e. The molecular weight excluding hydrogens is 277 g/mol. The second-order valence-electron chi connectivity index (χ2n) is 3.59. The molecule has 17 heavy (non-hydrogen) atoms. The molecule has 0 atom stereocenters. The van der Waals surface area contributed by atoms with Crippen molar-refractivity contribution in [1.82, 2.24) is 9.78 Å². The zero-order valence-corrected chi connectivity index (χ0v) is 11.3. The highest BCUT2D eigenvalue weighted by Gasteiger charge is 2.07. The molecule has 0 amide bonds. The predicted octanol–water partition coefficient (Wildman–Crippen LogP) is 3.80. The van der Waals surface area contributed by atoms with Crippen LogP contribution in [-0.2, 0) is 0 Å². The van der Waals surface area contributed by atoms with E-state index in [2.05, 4.69) is 5.10 Å². The summed E-state index contributed by atoms with van der Waals surface area (Å²) in [7, 11) is 0. The first-order valence-corrected chi connectivity index (χ1v) is 5.96. The Labute approximate surface area is 114 Å². The van der Waals surface area contributed by atoms with Crippen LogP contribution in [0.4, 0.5) is 5.69 Å². The minimum absolute atomic E-state index is 0.466. The van der Waals surface area contributed by atoms with Crippen molar-refractivity contribution in [1.29, 1.82) is 0 Å². The maximum absolute atomic E-state index is 5.99. The number of nitrogen functional groups attached to an aromatic ring is 1. The van der Waals surface area contributed by atoms with Crippen LogP contribution in [0.15, 0.2) is 24.4 Å². The largest absolute Gasteiger partial charge is 0.397 e. The molecule has 1 aromatic carbocycles. The summed E-state index contributed by atoms with van der Waals surface area (Å²) in [6.45, 7) is 1.91. The van der Waals surface area contributed by atoms with E-state index in [4.69, 9.17) is 41.2 Å². The van der Waals surface area contributed by atoms with Gasteiger partial charge in [0.2, 0.25) is 0 Å². The maximum atomic E-state index is 5.99. The molecular formula is C11H9Cl2N3S. The molecule has 0 bridgehead atoms. The lowest BCUT2D eigenvalue weighted by atomic mass is 10.2. The minimum atomic E-state index is 0.466. The molecule has 88 valence electrons. The standard InChI is InChI=1S/C11H9Cl2N3S/c1-6-2-8(12)9(13)4-10(6)16-11(17)3-7(14)5-15-16/h2-5H,14H2,1H3. The SMILES string of the molecule is Cc1cc(Cl)c(Cl)cc1-n1ncc(N)cc1=S. The summed E-state index contributed by atoms with van der Waals surface area (Å²) >= 11 is 17.1. The Hall–Kier alpha value is -1.10. The Balaban J connectivity index is 2.69. The zero-order valence-electron chi connectivity index (χ0n) is 8.95. The van der Waals surface area contributed by atoms with E-state index >= 15 is 0 Å². The summed E-state index contributed by atoms with van der Waals surface area (Å²) in [5.74, 6) is 0. The van der Waals surface area contributed by atoms with Crippen molar-refractivity contribution < 1.29 is 0 Å². The van der Waals surface area contributed by atoms with Crippen LogP contribution in [0.1, 0.15) is 5.56 Å². The van der Waals surface area contributed by atoms with E-state index in [0.717, 1.165) is 11.3 Å². The average molecular weight is 286 g/mol. The minimum Gasteiger partial charge on any atom is -0.397 e. The Morgan fingerprint density at radius 1 is 1.24 bits per heavy atom. The zero-order chi connectivity index (χ0) is 12.6. The van der Waals surface area contributed by atoms with Gasteiger partial charge in [0.1, 0.15) is 4.64 Å². The molecule has 2 N–H and O–H groups in total. The Bertz CT molecular complexity index is 637. The van der Waals surface area contributed by atoms with Gasteiger partial charge in [0.15, 0.2) is 0 Å². The van der Waals surface area contributed by atoms with Crippen molar-refractivity contribution in [2.24, 2.45) is 0 Å². The molecule has 2 rings (SSSR count). The van der Waals surface area contributed by atoms with Crippen LogP contribution in [0.5, 0.6) is 0 Å². The van der Waals surface area contributed by atoms with Crippen molar-refractivity contribution in [2.45, 2.75) is 6.92 Å². The van der Waals surface area contributed by atoms with Crippen LogP contribution in [0.2, 0.25) is 10.0 Å². The average Bonchev–Trinajstić information content (AvgIpc) is 2.24. The van der Waals surface area contributed by atoms with Gasteiger partial charge in [-0.3, -0.25) is 0 Å². The first-order valence-electron chi connectivity index (χ1n) is 4.80. The van der Waals surface area contributed by atoms with Gasteiger partial charge >= 0.3 is 0 Å². The molecule has 0 unspecified atom stereocenters. The topological polar surface area (TPSA) is 43.8 Å². The first kappa shape index (κ1) is 12.4. The Kier molecular flexibility index (Phi) is 3.38. The fraction of sp³-hybridized carbons (Fsp3) is 0.0909. The van der Waals surface area contributed by atoms with Gasteiger partial charge in [0.25, 0.3) is 0 Å². The number of nitrogens with zero attached hydrogens (tertiary/aromatic N) is 2. The van der Waals surface area contributed by atoms with E-state index in [1.165, 1.54) is 6.20 Å². The summed E-state index contributed by atoms with van der Waals surface area (Å²) in [6, 6.07) is 5.18. The summed E-state index contributed by atoms with van der Waals surface area (Å²) in [6.07, 6.45) is 1.54. The third-order valence-electron chi connectivity index (χ3n) is 2.29. The molecule has 0 aliphatic rings. The molecule has 6 heteroatoms. The molecule has 2 aromatic rings. The van der Waals surface area contributed by atoms with Gasteiger partial charge in [-0.15, -0.1) is 0 Å². The molecule has 0 radical (unpaired) electrons. The van der Waals surface area contributed by atoms with E-state index in [9.17, 15) is 0 Å². The highest BCUT2D eigenvalue weighted by Crippen LogP contribution is 2.27. The summed E-state index contributed by atoms with van der Waals surface area (Å²) in [4.78, 5) is 0. The predicted molar refractivity (Wildman–Crippen MR) is 73.6 cm³/mol. The molecule has 0 saturated carbocycles. The summed E-state index contributed by atoms with van der Waals surface area (Å²) in [5.41, 5.74) is 7.87. The van der Waals surface area contributed by atoms with E-state index in [1.54, 1.807) is 22.9 Å². The molecule has 3 nitrogen and oxygen atoms in total. The highest BCUT2D eigenvalue weighted by atomic mass is 35.5. The van der Waals surface area contributed by atoms with Crippen molar-refractivity contribution in [3.63, 3.8) is 0 Å². The second kappa shape index (κ2) is 4.64. The van der Waals surface area contributed by atoms with Crippen molar-refractivity contribution in [3.8, 4) is 5.69 Å². The lowest BCUT2D eigenvalue weighted by Crippen LogP contribution is -2.05. The number of hydrogen-bond acceptors (Lipinski definition) is 3. The number of rotatable bonds is 1. The van der Waals surface area contributed by atoms with Crippen molar-refractivity contribution in [2.75, 3.05) is 5.73 Å². The number of aryl methyl sites for hydroxylation is 1. The summed E-state index contributed by atoms with van der Waals surface area (Å²) < 4.78 is 2.12. The molecule has 0 saturated heterocycles. The van der Waals surface area contributed by atoms with E-state index in [-0.39, 0.29) is 0 Å². The van der Waals surface area contributed by atoms with Crippen LogP contribution in [0.3, 0.4) is 0 Å². The normalized spacial score (nSPS) is 10.5. The van der Waals surface area contributed by atoms with Gasteiger partial charge in [-0.2, -0.15) is 5.10 Å². The molecule has 1 aromatic heterocycles. The number of nitrogens with two attached hydrogens (primary N) is 1. The van der Waals surface area contributed by atoms with Gasteiger partial charge in [0.05, 0.1) is 27.6 Å². The molecule has 0 aliphatic heterocycles. The number of anilines is 1. The van der Waals surface area contributed by atoms with Gasteiger partial charge < -0.3 is 5.73 Å². The number of halogens is 2. The third kappa shape index (κ3) is 2.44. The quantitative estimate of drug-likeness (QED) is 0.811. The van der Waals surface area contributed by atoms with E-state index in [0.29, 0.717) is 20.4 Å². The fourth-order valence-electron chi connectivity index (χ4n) is 1.47. The molecule has 0 spiro atoms. The fourth-order valence-corrected chi connectivity index (χ4v) is 2.12. The lowest BCUT2D eigenvalue weighted by molar-refractivity contribution is 0.825. The Morgan fingerprint density at radius 3 is 2.53 bits per heavy atom. The van der Waals surface area contributed by atoms with Crippen LogP contribution >= 0.6 is 35.4 Å². The Morgan fingerprint density at radius 2 is 1.88 bits per heavy atom.